The second kappa shape index (κ2) is 6.29. The second-order valence-corrected chi connectivity index (χ2v) is 6.66. The number of esters is 1. The van der Waals surface area contributed by atoms with Crippen molar-refractivity contribution in [3.63, 3.8) is 0 Å². The molecule has 1 aliphatic heterocycles. The molecule has 1 aromatic rings. The number of nitrogens with one attached hydrogen (secondary N) is 1. The number of aryl methyl sites for hydroxylation is 1. The number of rotatable bonds is 4. The van der Waals surface area contributed by atoms with Crippen LogP contribution in [-0.2, 0) is 16.0 Å². The van der Waals surface area contributed by atoms with Gasteiger partial charge in [0.05, 0.1) is 12.3 Å². The van der Waals surface area contributed by atoms with Crippen molar-refractivity contribution >= 4 is 22.4 Å². The molecule has 1 N–H and O–H groups in total. The van der Waals surface area contributed by atoms with Gasteiger partial charge in [0.1, 0.15) is 5.92 Å². The van der Waals surface area contributed by atoms with Crippen molar-refractivity contribution in [1.29, 1.82) is 0 Å². The number of likely N-dealkylation sites (N-methyl/N-ethyl adjacent to an activating group) is 1. The SMILES string of the molecule is CCOC(=O)C1CCc2sc(NN3CCN(C)CC3)nc21. The summed E-state index contributed by atoms with van der Waals surface area (Å²) in [6.45, 7) is 6.37. The van der Waals surface area contributed by atoms with E-state index < -0.39 is 0 Å². The Morgan fingerprint density at radius 2 is 2.19 bits per heavy atom. The van der Waals surface area contributed by atoms with Crippen molar-refractivity contribution in [3.8, 4) is 0 Å². The Hall–Kier alpha value is -1.18. The van der Waals surface area contributed by atoms with Gasteiger partial charge in [-0.1, -0.05) is 0 Å². The lowest BCUT2D eigenvalue weighted by Gasteiger charge is -2.32. The first kappa shape index (κ1) is 14.7. The molecule has 7 heteroatoms. The Bertz CT molecular complexity index is 511. The van der Waals surface area contributed by atoms with Gasteiger partial charge in [-0.15, -0.1) is 11.3 Å². The lowest BCUT2D eigenvalue weighted by molar-refractivity contribution is -0.145. The highest BCUT2D eigenvalue weighted by atomic mass is 32.1. The number of nitrogens with zero attached hydrogens (tertiary/aromatic N) is 3. The molecule has 1 aliphatic carbocycles. The van der Waals surface area contributed by atoms with E-state index in [0.717, 1.165) is 49.8 Å². The minimum Gasteiger partial charge on any atom is -0.465 e. The number of hydrogen-bond donors (Lipinski definition) is 1. The zero-order valence-electron chi connectivity index (χ0n) is 12.6. The van der Waals surface area contributed by atoms with E-state index in [-0.39, 0.29) is 11.9 Å². The number of hydrogen-bond acceptors (Lipinski definition) is 7. The summed E-state index contributed by atoms with van der Waals surface area (Å²) in [5.74, 6) is -0.299. The van der Waals surface area contributed by atoms with E-state index in [4.69, 9.17) is 4.74 Å². The molecule has 0 saturated carbocycles. The summed E-state index contributed by atoms with van der Waals surface area (Å²) >= 11 is 1.67. The molecule has 3 rings (SSSR count). The summed E-state index contributed by atoms with van der Waals surface area (Å²) < 4.78 is 5.14. The summed E-state index contributed by atoms with van der Waals surface area (Å²) in [6, 6.07) is 0. The van der Waals surface area contributed by atoms with Crippen molar-refractivity contribution < 1.29 is 9.53 Å². The zero-order chi connectivity index (χ0) is 14.8. The molecule has 0 aromatic carbocycles. The number of piperazine rings is 1. The summed E-state index contributed by atoms with van der Waals surface area (Å²) in [7, 11) is 2.14. The van der Waals surface area contributed by atoms with Crippen LogP contribution < -0.4 is 5.43 Å². The van der Waals surface area contributed by atoms with Crippen LogP contribution in [0.2, 0.25) is 0 Å². The second-order valence-electron chi connectivity index (χ2n) is 5.57. The minimum absolute atomic E-state index is 0.132. The van der Waals surface area contributed by atoms with Gasteiger partial charge in [-0.3, -0.25) is 10.2 Å². The molecule has 1 aromatic heterocycles. The van der Waals surface area contributed by atoms with E-state index in [9.17, 15) is 4.79 Å². The topological polar surface area (TPSA) is 57.7 Å². The van der Waals surface area contributed by atoms with Crippen LogP contribution in [0.5, 0.6) is 0 Å². The Balaban J connectivity index is 1.65. The average Bonchev–Trinajstić information content (AvgIpc) is 3.01. The van der Waals surface area contributed by atoms with Crippen molar-refractivity contribution in [3.05, 3.63) is 10.6 Å². The summed E-state index contributed by atoms with van der Waals surface area (Å²) in [4.78, 5) is 20.1. The molecule has 2 heterocycles. The maximum Gasteiger partial charge on any atom is 0.315 e. The average molecular weight is 310 g/mol. The molecule has 1 fully saturated rings. The fourth-order valence-corrected chi connectivity index (χ4v) is 3.87. The third-order valence-corrected chi connectivity index (χ3v) is 5.08. The fourth-order valence-electron chi connectivity index (χ4n) is 2.80. The highest BCUT2D eigenvalue weighted by molar-refractivity contribution is 7.15. The van der Waals surface area contributed by atoms with E-state index in [1.54, 1.807) is 11.3 Å². The Kier molecular flexibility index (Phi) is 4.42. The maximum absolute atomic E-state index is 11.9. The molecule has 1 atom stereocenters. The Labute approximate surface area is 129 Å². The van der Waals surface area contributed by atoms with Gasteiger partial charge in [0, 0.05) is 31.1 Å². The predicted octanol–water partition coefficient (Wildman–Crippen LogP) is 1.31. The standard InChI is InChI=1S/C14H22N4O2S/c1-3-20-13(19)10-4-5-11-12(10)15-14(21-11)16-18-8-6-17(2)7-9-18/h10H,3-9H2,1-2H3,(H,15,16). The molecule has 0 amide bonds. The number of fused-ring (bicyclic) bond motifs is 1. The van der Waals surface area contributed by atoms with Crippen LogP contribution in [0.4, 0.5) is 5.13 Å². The lowest BCUT2D eigenvalue weighted by Crippen LogP contribution is -2.46. The molecule has 116 valence electrons. The molecule has 1 saturated heterocycles. The molecular weight excluding hydrogens is 288 g/mol. The van der Waals surface area contributed by atoms with Crippen molar-refractivity contribution in [2.24, 2.45) is 0 Å². The number of carbonyl (C=O) groups is 1. The highest BCUT2D eigenvalue weighted by Gasteiger charge is 2.33. The molecule has 0 spiro atoms. The molecule has 1 unspecified atom stereocenters. The number of hydrazine groups is 1. The smallest absolute Gasteiger partial charge is 0.315 e. The van der Waals surface area contributed by atoms with Crippen LogP contribution in [0.25, 0.3) is 0 Å². The predicted molar refractivity (Wildman–Crippen MR) is 82.5 cm³/mol. The van der Waals surface area contributed by atoms with E-state index >= 15 is 0 Å². The summed E-state index contributed by atoms with van der Waals surface area (Å²) in [5.41, 5.74) is 4.31. The van der Waals surface area contributed by atoms with Crippen LogP contribution in [0.1, 0.15) is 29.8 Å². The van der Waals surface area contributed by atoms with Crippen molar-refractivity contribution in [2.45, 2.75) is 25.7 Å². The zero-order valence-corrected chi connectivity index (χ0v) is 13.4. The first-order chi connectivity index (χ1) is 10.2. The minimum atomic E-state index is -0.167. The Morgan fingerprint density at radius 1 is 1.43 bits per heavy atom. The fraction of sp³-hybridized carbons (Fsp3) is 0.714. The van der Waals surface area contributed by atoms with Gasteiger partial charge in [0.15, 0.2) is 5.13 Å². The number of carbonyl (C=O) groups excluding carboxylic acids is 1. The van der Waals surface area contributed by atoms with Gasteiger partial charge in [-0.2, -0.15) is 0 Å². The van der Waals surface area contributed by atoms with Crippen molar-refractivity contribution in [2.75, 3.05) is 45.3 Å². The third-order valence-electron chi connectivity index (χ3n) is 4.05. The Morgan fingerprint density at radius 3 is 2.90 bits per heavy atom. The number of ether oxygens (including phenoxy) is 1. The first-order valence-electron chi connectivity index (χ1n) is 7.53. The molecule has 0 bridgehead atoms. The van der Waals surface area contributed by atoms with Crippen LogP contribution >= 0.6 is 11.3 Å². The van der Waals surface area contributed by atoms with Crippen LogP contribution in [0.3, 0.4) is 0 Å². The van der Waals surface area contributed by atoms with Crippen LogP contribution in [-0.4, -0.2) is 60.7 Å². The number of aromatic nitrogens is 1. The maximum atomic E-state index is 11.9. The summed E-state index contributed by atoms with van der Waals surface area (Å²) in [5, 5.41) is 3.10. The molecule has 0 radical (unpaired) electrons. The third kappa shape index (κ3) is 3.20. The lowest BCUT2D eigenvalue weighted by atomic mass is 10.1. The van der Waals surface area contributed by atoms with Crippen LogP contribution in [0, 0.1) is 0 Å². The van der Waals surface area contributed by atoms with Gasteiger partial charge >= 0.3 is 5.97 Å². The van der Waals surface area contributed by atoms with E-state index in [0.29, 0.717) is 6.61 Å². The van der Waals surface area contributed by atoms with E-state index in [1.165, 1.54) is 4.88 Å². The monoisotopic (exact) mass is 310 g/mol. The first-order valence-corrected chi connectivity index (χ1v) is 8.35. The highest BCUT2D eigenvalue weighted by Crippen LogP contribution is 2.39. The van der Waals surface area contributed by atoms with Gasteiger partial charge < -0.3 is 9.64 Å². The van der Waals surface area contributed by atoms with Gasteiger partial charge in [0.2, 0.25) is 0 Å². The quantitative estimate of drug-likeness (QED) is 0.846. The summed E-state index contributed by atoms with van der Waals surface area (Å²) in [6.07, 6.45) is 1.77. The van der Waals surface area contributed by atoms with E-state index in [2.05, 4.69) is 27.4 Å². The molecular formula is C14H22N4O2S. The van der Waals surface area contributed by atoms with Crippen LogP contribution in [0.15, 0.2) is 0 Å². The number of thiazole rings is 1. The van der Waals surface area contributed by atoms with Gasteiger partial charge in [-0.25, -0.2) is 9.99 Å². The number of anilines is 1. The van der Waals surface area contributed by atoms with E-state index in [1.807, 2.05) is 6.92 Å². The van der Waals surface area contributed by atoms with Crippen molar-refractivity contribution in [1.82, 2.24) is 14.9 Å². The molecule has 6 nitrogen and oxygen atoms in total. The molecule has 21 heavy (non-hydrogen) atoms. The largest absolute Gasteiger partial charge is 0.465 e. The van der Waals surface area contributed by atoms with Gasteiger partial charge in [0.25, 0.3) is 0 Å². The molecule has 2 aliphatic rings. The normalized spacial score (nSPS) is 23.0. The van der Waals surface area contributed by atoms with Gasteiger partial charge in [-0.05, 0) is 26.8 Å².